The van der Waals surface area contributed by atoms with Gasteiger partial charge >= 0.3 is 0 Å². The Morgan fingerprint density at radius 2 is 1.56 bits per heavy atom. The van der Waals surface area contributed by atoms with Gasteiger partial charge in [-0.2, -0.15) is 5.11 Å². The number of azo groups is 1. The summed E-state index contributed by atoms with van der Waals surface area (Å²) in [7, 11) is 0. The first-order chi connectivity index (χ1) is 8.59. The summed E-state index contributed by atoms with van der Waals surface area (Å²) >= 11 is 9.98. The third kappa shape index (κ3) is 2.99. The molecule has 0 spiro atoms. The first kappa shape index (κ1) is 13.7. The Balaban J connectivity index is 2.39. The fraction of sp³-hybridized carbons (Fsp3) is 0. The number of rotatable bonds is 2. The van der Waals surface area contributed by atoms with Gasteiger partial charge in [-0.05, 0) is 66.0 Å². The van der Waals surface area contributed by atoms with E-state index in [0.717, 1.165) is 14.6 Å². The highest BCUT2D eigenvalue weighted by atomic mass is 79.9. The lowest BCUT2D eigenvalue weighted by molar-refractivity contribution is 0.472. The fourth-order valence-electron chi connectivity index (χ4n) is 1.26. The van der Waals surface area contributed by atoms with Gasteiger partial charge in [0.15, 0.2) is 5.75 Å². The Kier molecular flexibility index (Phi) is 4.53. The molecule has 2 aromatic rings. The number of aromatic hydroxyl groups is 1. The van der Waals surface area contributed by atoms with Crippen LogP contribution in [-0.2, 0) is 0 Å². The molecule has 3 nitrogen and oxygen atoms in total. The SMILES string of the molecule is Oc1c(N=Nc2ccccc2)cc(Br)c(Br)c1Br. The largest absolute Gasteiger partial charge is 0.504 e. The molecule has 0 aliphatic heterocycles. The zero-order valence-electron chi connectivity index (χ0n) is 8.94. The minimum Gasteiger partial charge on any atom is -0.504 e. The second-order valence-electron chi connectivity index (χ2n) is 3.39. The lowest BCUT2D eigenvalue weighted by Crippen LogP contribution is -1.76. The van der Waals surface area contributed by atoms with Gasteiger partial charge in [-0.3, -0.25) is 0 Å². The average molecular weight is 435 g/mol. The van der Waals surface area contributed by atoms with Crippen LogP contribution in [0, 0.1) is 0 Å². The van der Waals surface area contributed by atoms with Crippen LogP contribution in [0.4, 0.5) is 11.4 Å². The van der Waals surface area contributed by atoms with E-state index < -0.39 is 0 Å². The van der Waals surface area contributed by atoms with Crippen LogP contribution in [0.25, 0.3) is 0 Å². The van der Waals surface area contributed by atoms with E-state index in [-0.39, 0.29) is 5.75 Å². The molecule has 92 valence electrons. The molecule has 0 aliphatic rings. The summed E-state index contributed by atoms with van der Waals surface area (Å²) in [5, 5.41) is 18.0. The molecule has 0 saturated carbocycles. The van der Waals surface area contributed by atoms with Crippen LogP contribution < -0.4 is 0 Å². The Morgan fingerprint density at radius 1 is 0.889 bits per heavy atom. The van der Waals surface area contributed by atoms with Gasteiger partial charge in [0, 0.05) is 8.95 Å². The second-order valence-corrected chi connectivity index (χ2v) is 5.83. The van der Waals surface area contributed by atoms with Crippen LogP contribution in [0.5, 0.6) is 5.75 Å². The highest BCUT2D eigenvalue weighted by Gasteiger charge is 2.12. The van der Waals surface area contributed by atoms with E-state index in [9.17, 15) is 5.11 Å². The van der Waals surface area contributed by atoms with Gasteiger partial charge in [0.05, 0.1) is 10.2 Å². The molecule has 0 heterocycles. The van der Waals surface area contributed by atoms with Crippen molar-refractivity contribution in [3.8, 4) is 5.75 Å². The summed E-state index contributed by atoms with van der Waals surface area (Å²) in [5.74, 6) is 0.0461. The van der Waals surface area contributed by atoms with Gasteiger partial charge in [-0.15, -0.1) is 5.11 Å². The Labute approximate surface area is 129 Å². The van der Waals surface area contributed by atoms with Crippen molar-refractivity contribution in [2.45, 2.75) is 0 Å². The molecule has 0 amide bonds. The Morgan fingerprint density at radius 3 is 2.22 bits per heavy atom. The van der Waals surface area contributed by atoms with Crippen molar-refractivity contribution in [3.05, 3.63) is 49.8 Å². The quantitative estimate of drug-likeness (QED) is 0.450. The molecule has 6 heteroatoms. The number of hydrogen-bond acceptors (Lipinski definition) is 3. The van der Waals surface area contributed by atoms with E-state index in [2.05, 4.69) is 58.0 Å². The first-order valence-electron chi connectivity index (χ1n) is 4.93. The first-order valence-corrected chi connectivity index (χ1v) is 7.30. The van der Waals surface area contributed by atoms with Crippen molar-refractivity contribution < 1.29 is 5.11 Å². The Hall–Kier alpha value is -0.720. The third-order valence-electron chi connectivity index (χ3n) is 2.15. The number of halogens is 3. The molecule has 0 bridgehead atoms. The molecule has 2 aromatic carbocycles. The summed E-state index contributed by atoms with van der Waals surface area (Å²) in [6.45, 7) is 0. The standard InChI is InChI=1S/C12H7Br3N2O/c13-8-6-9(12(18)11(15)10(8)14)17-16-7-4-2-1-3-5-7/h1-6,18H. The van der Waals surface area contributed by atoms with Crippen LogP contribution in [0.2, 0.25) is 0 Å². The molecule has 0 radical (unpaired) electrons. The predicted octanol–water partition coefficient (Wildman–Crippen LogP) is 6.10. The van der Waals surface area contributed by atoms with Crippen molar-refractivity contribution in [3.63, 3.8) is 0 Å². The molecule has 0 saturated heterocycles. The highest BCUT2D eigenvalue weighted by Crippen LogP contribution is 2.44. The maximum absolute atomic E-state index is 9.93. The van der Waals surface area contributed by atoms with Gasteiger partial charge in [-0.1, -0.05) is 18.2 Å². The number of phenols is 1. The Bertz CT molecular complexity index is 600. The minimum absolute atomic E-state index is 0.0461. The number of nitrogens with zero attached hydrogens (tertiary/aromatic N) is 2. The zero-order valence-corrected chi connectivity index (χ0v) is 13.7. The van der Waals surface area contributed by atoms with Crippen molar-refractivity contribution in [2.24, 2.45) is 10.2 Å². The van der Waals surface area contributed by atoms with Crippen molar-refractivity contribution in [2.75, 3.05) is 0 Å². The summed E-state index contributed by atoms with van der Waals surface area (Å²) in [4.78, 5) is 0. The fourth-order valence-corrected chi connectivity index (χ4v) is 2.66. The van der Waals surface area contributed by atoms with E-state index in [4.69, 9.17) is 0 Å². The van der Waals surface area contributed by atoms with Crippen LogP contribution in [0.15, 0.2) is 60.0 Å². The lowest BCUT2D eigenvalue weighted by Gasteiger charge is -2.05. The molecule has 0 aliphatic carbocycles. The van der Waals surface area contributed by atoms with Crippen LogP contribution in [-0.4, -0.2) is 5.11 Å². The monoisotopic (exact) mass is 432 g/mol. The molecule has 18 heavy (non-hydrogen) atoms. The minimum atomic E-state index is 0.0461. The van der Waals surface area contributed by atoms with Gasteiger partial charge < -0.3 is 5.11 Å². The summed E-state index contributed by atoms with van der Waals surface area (Å²) in [6, 6.07) is 11.0. The number of hydrogen-bond donors (Lipinski definition) is 1. The molecule has 1 N–H and O–H groups in total. The molecule has 0 unspecified atom stereocenters. The van der Waals surface area contributed by atoms with E-state index >= 15 is 0 Å². The van der Waals surface area contributed by atoms with Crippen LogP contribution >= 0.6 is 47.8 Å². The van der Waals surface area contributed by atoms with E-state index in [1.807, 2.05) is 30.3 Å². The summed E-state index contributed by atoms with van der Waals surface area (Å²) in [5.41, 5.74) is 1.12. The predicted molar refractivity (Wildman–Crippen MR) is 81.8 cm³/mol. The van der Waals surface area contributed by atoms with Gasteiger partial charge in [0.1, 0.15) is 5.69 Å². The highest BCUT2D eigenvalue weighted by molar-refractivity contribution is 9.14. The second kappa shape index (κ2) is 5.95. The third-order valence-corrected chi connectivity index (χ3v) is 5.43. The topological polar surface area (TPSA) is 45.0 Å². The van der Waals surface area contributed by atoms with E-state index in [1.54, 1.807) is 6.07 Å². The van der Waals surface area contributed by atoms with Crippen molar-refractivity contribution in [1.82, 2.24) is 0 Å². The van der Waals surface area contributed by atoms with Crippen molar-refractivity contribution in [1.29, 1.82) is 0 Å². The molecule has 2 rings (SSSR count). The van der Waals surface area contributed by atoms with Gasteiger partial charge in [0.25, 0.3) is 0 Å². The average Bonchev–Trinajstić information content (AvgIpc) is 2.40. The van der Waals surface area contributed by atoms with Crippen molar-refractivity contribution >= 4 is 59.2 Å². The smallest absolute Gasteiger partial charge is 0.158 e. The normalized spacial score (nSPS) is 11.1. The van der Waals surface area contributed by atoms with Crippen LogP contribution in [0.1, 0.15) is 0 Å². The molecule has 0 atom stereocenters. The zero-order chi connectivity index (χ0) is 13.1. The van der Waals surface area contributed by atoms with E-state index in [1.165, 1.54) is 0 Å². The molecule has 0 aromatic heterocycles. The summed E-state index contributed by atoms with van der Waals surface area (Å²) < 4.78 is 2.06. The van der Waals surface area contributed by atoms with Gasteiger partial charge in [0.2, 0.25) is 0 Å². The lowest BCUT2D eigenvalue weighted by atomic mass is 10.3. The molecular formula is C12H7Br3N2O. The van der Waals surface area contributed by atoms with Gasteiger partial charge in [-0.25, -0.2) is 0 Å². The number of phenolic OH excluding ortho intramolecular Hbond substituents is 1. The molecule has 0 fully saturated rings. The number of benzene rings is 2. The maximum Gasteiger partial charge on any atom is 0.158 e. The van der Waals surface area contributed by atoms with E-state index in [0.29, 0.717) is 10.2 Å². The maximum atomic E-state index is 9.93. The molecular weight excluding hydrogens is 428 g/mol. The summed E-state index contributed by atoms with van der Waals surface area (Å²) in [6.07, 6.45) is 0. The van der Waals surface area contributed by atoms with Crippen LogP contribution in [0.3, 0.4) is 0 Å².